The second-order valence-corrected chi connectivity index (χ2v) is 8.98. The number of aryl methyl sites for hydroxylation is 2. The summed E-state index contributed by atoms with van der Waals surface area (Å²) < 4.78 is 11.9. The number of hydrogen-bond acceptors (Lipinski definition) is 4. The van der Waals surface area contributed by atoms with Crippen molar-refractivity contribution in [3.8, 4) is 0 Å². The fourth-order valence-corrected chi connectivity index (χ4v) is 5.06. The van der Waals surface area contributed by atoms with Gasteiger partial charge in [-0.2, -0.15) is 0 Å². The summed E-state index contributed by atoms with van der Waals surface area (Å²) in [6.07, 6.45) is 6.08. The number of likely N-dealkylation sites (tertiary alicyclic amines) is 1. The molecule has 3 fully saturated rings. The molecule has 3 saturated heterocycles. The van der Waals surface area contributed by atoms with Crippen LogP contribution in [0.5, 0.6) is 0 Å². The number of piperidine rings is 1. The Morgan fingerprint density at radius 2 is 1.89 bits per heavy atom. The van der Waals surface area contributed by atoms with Crippen LogP contribution in [0.15, 0.2) is 18.2 Å². The van der Waals surface area contributed by atoms with Crippen molar-refractivity contribution in [3.63, 3.8) is 0 Å². The monoisotopic (exact) mass is 386 g/mol. The Hall–Kier alpha value is -1.43. The van der Waals surface area contributed by atoms with Gasteiger partial charge in [0.15, 0.2) is 0 Å². The zero-order chi connectivity index (χ0) is 19.6. The van der Waals surface area contributed by atoms with E-state index in [1.165, 1.54) is 16.7 Å². The number of benzene rings is 1. The van der Waals surface area contributed by atoms with E-state index in [9.17, 15) is 4.79 Å². The molecule has 154 valence electrons. The topological polar surface area (TPSA) is 50.8 Å². The van der Waals surface area contributed by atoms with Gasteiger partial charge in [-0.1, -0.05) is 29.3 Å². The van der Waals surface area contributed by atoms with Gasteiger partial charge in [0.05, 0.1) is 11.7 Å². The predicted octanol–water partition coefficient (Wildman–Crippen LogP) is 3.11. The minimum Gasteiger partial charge on any atom is -0.370 e. The van der Waals surface area contributed by atoms with E-state index >= 15 is 0 Å². The Bertz CT molecular complexity index is 671. The number of carbonyl (C=O) groups excluding carboxylic acids is 1. The second-order valence-electron chi connectivity index (χ2n) is 8.98. The highest BCUT2D eigenvalue weighted by molar-refractivity contribution is 5.80. The van der Waals surface area contributed by atoms with Crippen LogP contribution in [-0.4, -0.2) is 54.9 Å². The highest BCUT2D eigenvalue weighted by atomic mass is 16.5. The maximum absolute atomic E-state index is 12.1. The summed E-state index contributed by atoms with van der Waals surface area (Å²) in [6.45, 7) is 8.87. The summed E-state index contributed by atoms with van der Waals surface area (Å²) in [5.74, 6) is 0.0327. The molecule has 0 saturated carbocycles. The average Bonchev–Trinajstić information content (AvgIpc) is 3.32. The molecule has 0 aromatic heterocycles. The van der Waals surface area contributed by atoms with Crippen LogP contribution in [0.3, 0.4) is 0 Å². The van der Waals surface area contributed by atoms with Crippen molar-refractivity contribution in [1.29, 1.82) is 0 Å². The lowest BCUT2D eigenvalue weighted by molar-refractivity contribution is -0.131. The SMILES string of the molecule is Cc1cc(C)cc(CN2CCC3(CCC(CNC(=O)C4CCCO4)O3)CC2)c1. The molecule has 0 radical (unpaired) electrons. The first-order valence-corrected chi connectivity index (χ1v) is 10.9. The van der Waals surface area contributed by atoms with Crippen LogP contribution in [-0.2, 0) is 20.8 Å². The lowest BCUT2D eigenvalue weighted by Crippen LogP contribution is -2.45. The van der Waals surface area contributed by atoms with Gasteiger partial charge in [-0.3, -0.25) is 9.69 Å². The van der Waals surface area contributed by atoms with Crippen LogP contribution < -0.4 is 5.32 Å². The number of amides is 1. The normalized spacial score (nSPS) is 27.4. The molecule has 1 aromatic rings. The molecular formula is C23H34N2O3. The highest BCUT2D eigenvalue weighted by Gasteiger charge is 2.42. The first kappa shape index (κ1) is 19.9. The maximum atomic E-state index is 12.1. The van der Waals surface area contributed by atoms with Crippen molar-refractivity contribution < 1.29 is 14.3 Å². The van der Waals surface area contributed by atoms with E-state index in [1.807, 2.05) is 0 Å². The third kappa shape index (κ3) is 4.76. The third-order valence-corrected chi connectivity index (χ3v) is 6.52. The van der Waals surface area contributed by atoms with Gasteiger partial charge >= 0.3 is 0 Å². The molecule has 5 nitrogen and oxygen atoms in total. The zero-order valence-corrected chi connectivity index (χ0v) is 17.3. The second kappa shape index (κ2) is 8.52. The number of ether oxygens (including phenoxy) is 2. The average molecular weight is 387 g/mol. The zero-order valence-electron chi connectivity index (χ0n) is 17.3. The molecule has 1 amide bonds. The van der Waals surface area contributed by atoms with Crippen LogP contribution in [0.1, 0.15) is 55.2 Å². The van der Waals surface area contributed by atoms with Crippen LogP contribution in [0.4, 0.5) is 0 Å². The maximum Gasteiger partial charge on any atom is 0.249 e. The molecule has 4 rings (SSSR count). The van der Waals surface area contributed by atoms with Crippen LogP contribution >= 0.6 is 0 Å². The molecule has 0 aliphatic carbocycles. The molecule has 28 heavy (non-hydrogen) atoms. The highest BCUT2D eigenvalue weighted by Crippen LogP contribution is 2.39. The van der Waals surface area contributed by atoms with Gasteiger partial charge in [0.2, 0.25) is 5.91 Å². The molecule has 1 aromatic carbocycles. The Labute approximate surface area is 168 Å². The van der Waals surface area contributed by atoms with Gasteiger partial charge in [-0.25, -0.2) is 0 Å². The van der Waals surface area contributed by atoms with E-state index in [0.717, 1.165) is 58.2 Å². The Morgan fingerprint density at radius 3 is 2.57 bits per heavy atom. The lowest BCUT2D eigenvalue weighted by atomic mass is 9.88. The molecule has 3 aliphatic rings. The largest absolute Gasteiger partial charge is 0.370 e. The van der Waals surface area contributed by atoms with Crippen molar-refractivity contribution >= 4 is 5.91 Å². The molecule has 1 spiro atoms. The van der Waals surface area contributed by atoms with Crippen molar-refractivity contribution in [3.05, 3.63) is 34.9 Å². The standard InChI is InChI=1S/C23H34N2O3/c1-17-12-18(2)14-19(13-17)16-25-9-7-23(8-10-25)6-5-20(28-23)15-24-22(26)21-4-3-11-27-21/h12-14,20-21H,3-11,15-16H2,1-2H3,(H,24,26). The fourth-order valence-electron chi connectivity index (χ4n) is 5.06. The molecule has 1 N–H and O–H groups in total. The molecule has 5 heteroatoms. The molecular weight excluding hydrogens is 352 g/mol. The van der Waals surface area contributed by atoms with Crippen LogP contribution in [0.2, 0.25) is 0 Å². The van der Waals surface area contributed by atoms with Gasteiger partial charge in [0, 0.05) is 32.8 Å². The van der Waals surface area contributed by atoms with Gasteiger partial charge in [0.25, 0.3) is 0 Å². The van der Waals surface area contributed by atoms with E-state index in [-0.39, 0.29) is 23.7 Å². The molecule has 0 bridgehead atoms. The molecule has 2 atom stereocenters. The first-order chi connectivity index (χ1) is 13.5. The summed E-state index contributed by atoms with van der Waals surface area (Å²) in [5.41, 5.74) is 4.12. The van der Waals surface area contributed by atoms with E-state index < -0.39 is 0 Å². The summed E-state index contributed by atoms with van der Waals surface area (Å²) in [7, 11) is 0. The van der Waals surface area contributed by atoms with Gasteiger partial charge in [-0.05, 0) is 57.9 Å². The number of hydrogen-bond donors (Lipinski definition) is 1. The van der Waals surface area contributed by atoms with Crippen LogP contribution in [0.25, 0.3) is 0 Å². The number of nitrogens with zero attached hydrogens (tertiary/aromatic N) is 1. The van der Waals surface area contributed by atoms with Crippen molar-refractivity contribution in [2.24, 2.45) is 0 Å². The fraction of sp³-hybridized carbons (Fsp3) is 0.696. The summed E-state index contributed by atoms with van der Waals surface area (Å²) in [5, 5.41) is 3.04. The quantitative estimate of drug-likeness (QED) is 0.845. The minimum atomic E-state index is -0.246. The predicted molar refractivity (Wildman–Crippen MR) is 109 cm³/mol. The van der Waals surface area contributed by atoms with Gasteiger partial charge in [0.1, 0.15) is 6.10 Å². The van der Waals surface area contributed by atoms with Crippen molar-refractivity contribution in [2.45, 2.75) is 76.7 Å². The summed E-state index contributed by atoms with van der Waals surface area (Å²) >= 11 is 0. The van der Waals surface area contributed by atoms with Crippen molar-refractivity contribution in [2.75, 3.05) is 26.2 Å². The molecule has 2 unspecified atom stereocenters. The van der Waals surface area contributed by atoms with Gasteiger partial charge < -0.3 is 14.8 Å². The first-order valence-electron chi connectivity index (χ1n) is 10.9. The minimum absolute atomic E-state index is 0.0261. The lowest BCUT2D eigenvalue weighted by Gasteiger charge is -2.39. The van der Waals surface area contributed by atoms with E-state index in [2.05, 4.69) is 42.3 Å². The van der Waals surface area contributed by atoms with Crippen LogP contribution in [0, 0.1) is 13.8 Å². The summed E-state index contributed by atoms with van der Waals surface area (Å²) in [4.78, 5) is 14.7. The molecule has 3 heterocycles. The number of rotatable bonds is 5. The Balaban J connectivity index is 1.22. The van der Waals surface area contributed by atoms with E-state index in [0.29, 0.717) is 13.2 Å². The van der Waals surface area contributed by atoms with Crippen molar-refractivity contribution in [1.82, 2.24) is 10.2 Å². The summed E-state index contributed by atoms with van der Waals surface area (Å²) in [6, 6.07) is 6.84. The Morgan fingerprint density at radius 1 is 1.14 bits per heavy atom. The van der Waals surface area contributed by atoms with E-state index in [4.69, 9.17) is 9.47 Å². The number of nitrogens with one attached hydrogen (secondary N) is 1. The van der Waals surface area contributed by atoms with Gasteiger partial charge in [-0.15, -0.1) is 0 Å². The smallest absolute Gasteiger partial charge is 0.249 e. The van der Waals surface area contributed by atoms with E-state index in [1.54, 1.807) is 0 Å². The number of carbonyl (C=O) groups is 1. The Kier molecular flexibility index (Phi) is 6.04. The molecule has 3 aliphatic heterocycles. The third-order valence-electron chi connectivity index (χ3n) is 6.52.